The van der Waals surface area contributed by atoms with Gasteiger partial charge in [-0.2, -0.15) is 0 Å². The fourth-order valence-corrected chi connectivity index (χ4v) is 3.19. The van der Waals surface area contributed by atoms with E-state index in [1.165, 1.54) is 25.7 Å². The largest absolute Gasteiger partial charge is 0.378 e. The molecule has 0 heterocycles. The minimum Gasteiger partial charge on any atom is -0.378 e. The standard InChI is InChI=1S/C14H23NO/c1-3-5-6-10-15-12-11-13(16-4-2)14(12)8-7-9-14/h1,12-13,15H,4-11H2,2H3. The Morgan fingerprint density at radius 3 is 2.88 bits per heavy atom. The van der Waals surface area contributed by atoms with Gasteiger partial charge in [-0.1, -0.05) is 6.42 Å². The van der Waals surface area contributed by atoms with Gasteiger partial charge in [-0.05, 0) is 39.2 Å². The number of nitrogens with one attached hydrogen (secondary N) is 1. The van der Waals surface area contributed by atoms with Crippen molar-refractivity contribution in [2.45, 2.75) is 57.6 Å². The van der Waals surface area contributed by atoms with Crippen LogP contribution in [0.4, 0.5) is 0 Å². The highest BCUT2D eigenvalue weighted by Gasteiger charge is 2.58. The lowest BCUT2D eigenvalue weighted by Crippen LogP contribution is -2.66. The van der Waals surface area contributed by atoms with Gasteiger partial charge in [-0.25, -0.2) is 0 Å². The number of terminal acetylenes is 1. The lowest BCUT2D eigenvalue weighted by molar-refractivity contribution is -0.172. The Morgan fingerprint density at radius 2 is 2.31 bits per heavy atom. The number of ether oxygens (including phenoxy) is 1. The van der Waals surface area contributed by atoms with Gasteiger partial charge in [-0.3, -0.25) is 0 Å². The van der Waals surface area contributed by atoms with Crippen LogP contribution in [-0.4, -0.2) is 25.3 Å². The minimum absolute atomic E-state index is 0.492. The van der Waals surface area contributed by atoms with Crippen molar-refractivity contribution >= 4 is 0 Å². The molecule has 2 nitrogen and oxygen atoms in total. The normalized spacial score (nSPS) is 30.5. The molecule has 2 rings (SSSR count). The average molecular weight is 221 g/mol. The first-order chi connectivity index (χ1) is 7.83. The van der Waals surface area contributed by atoms with Gasteiger partial charge < -0.3 is 10.1 Å². The van der Waals surface area contributed by atoms with Gasteiger partial charge >= 0.3 is 0 Å². The molecule has 2 saturated carbocycles. The molecule has 16 heavy (non-hydrogen) atoms. The van der Waals surface area contributed by atoms with Crippen LogP contribution in [0.3, 0.4) is 0 Å². The zero-order valence-corrected chi connectivity index (χ0v) is 10.3. The Morgan fingerprint density at radius 1 is 1.50 bits per heavy atom. The molecule has 0 radical (unpaired) electrons. The van der Waals surface area contributed by atoms with Gasteiger partial charge in [0.1, 0.15) is 0 Å². The number of unbranched alkanes of at least 4 members (excludes halogenated alkanes) is 1. The fourth-order valence-electron chi connectivity index (χ4n) is 3.19. The summed E-state index contributed by atoms with van der Waals surface area (Å²) < 4.78 is 5.82. The van der Waals surface area contributed by atoms with Crippen LogP contribution < -0.4 is 5.32 Å². The topological polar surface area (TPSA) is 21.3 Å². The van der Waals surface area contributed by atoms with Crippen LogP contribution in [0.1, 0.15) is 45.4 Å². The summed E-state index contributed by atoms with van der Waals surface area (Å²) in [6.45, 7) is 4.02. The summed E-state index contributed by atoms with van der Waals surface area (Å²) >= 11 is 0. The first-order valence-corrected chi connectivity index (χ1v) is 6.62. The third-order valence-electron chi connectivity index (χ3n) is 4.33. The molecule has 2 fully saturated rings. The molecule has 2 atom stereocenters. The second-order valence-corrected chi connectivity index (χ2v) is 5.08. The highest BCUT2D eigenvalue weighted by molar-refractivity contribution is 5.12. The maximum Gasteiger partial charge on any atom is 0.0661 e. The van der Waals surface area contributed by atoms with Gasteiger partial charge in [0.2, 0.25) is 0 Å². The maximum absolute atomic E-state index is 5.82. The molecule has 1 spiro atoms. The highest BCUT2D eigenvalue weighted by Crippen LogP contribution is 2.57. The van der Waals surface area contributed by atoms with Crippen LogP contribution in [0.2, 0.25) is 0 Å². The van der Waals surface area contributed by atoms with E-state index in [0.29, 0.717) is 17.6 Å². The molecule has 2 heteroatoms. The summed E-state index contributed by atoms with van der Waals surface area (Å²) in [6, 6.07) is 0.690. The molecule has 90 valence electrons. The quantitative estimate of drug-likeness (QED) is 0.549. The Labute approximate surface area is 99.1 Å². The van der Waals surface area contributed by atoms with Gasteiger partial charge in [0.15, 0.2) is 0 Å². The predicted octanol–water partition coefficient (Wildman–Crippen LogP) is 2.34. The molecule has 2 unspecified atom stereocenters. The van der Waals surface area contributed by atoms with Crippen molar-refractivity contribution in [3.63, 3.8) is 0 Å². The Balaban J connectivity index is 1.73. The monoisotopic (exact) mass is 221 g/mol. The van der Waals surface area contributed by atoms with Crippen LogP contribution in [0, 0.1) is 17.8 Å². The molecule has 0 amide bonds. The smallest absolute Gasteiger partial charge is 0.0661 e. The van der Waals surface area contributed by atoms with Crippen molar-refractivity contribution in [3.8, 4) is 12.3 Å². The summed E-state index contributed by atoms with van der Waals surface area (Å²) in [6.07, 6.45) is 13.0. The molecule has 0 aromatic rings. The maximum atomic E-state index is 5.82. The molecule has 0 bridgehead atoms. The predicted molar refractivity (Wildman–Crippen MR) is 66.2 cm³/mol. The van der Waals surface area contributed by atoms with Crippen LogP contribution in [0.5, 0.6) is 0 Å². The second kappa shape index (κ2) is 5.21. The second-order valence-electron chi connectivity index (χ2n) is 5.08. The Kier molecular flexibility index (Phi) is 3.89. The molecule has 0 saturated heterocycles. The van der Waals surface area contributed by atoms with E-state index < -0.39 is 0 Å². The van der Waals surface area contributed by atoms with E-state index in [1.807, 2.05) is 0 Å². The molecule has 0 aromatic carbocycles. The van der Waals surface area contributed by atoms with E-state index in [1.54, 1.807) is 0 Å². The van der Waals surface area contributed by atoms with Gasteiger partial charge in [-0.15, -0.1) is 12.3 Å². The van der Waals surface area contributed by atoms with E-state index in [4.69, 9.17) is 11.2 Å². The van der Waals surface area contributed by atoms with Crippen LogP contribution in [0.25, 0.3) is 0 Å². The summed E-state index contributed by atoms with van der Waals surface area (Å²) in [4.78, 5) is 0. The SMILES string of the molecule is C#CCCCNC1CC(OCC)C12CCC2. The van der Waals surface area contributed by atoms with Crippen molar-refractivity contribution in [1.29, 1.82) is 0 Å². The molecule has 0 aromatic heterocycles. The van der Waals surface area contributed by atoms with E-state index in [0.717, 1.165) is 26.0 Å². The van der Waals surface area contributed by atoms with Crippen molar-refractivity contribution in [2.75, 3.05) is 13.2 Å². The highest BCUT2D eigenvalue weighted by atomic mass is 16.5. The summed E-state index contributed by atoms with van der Waals surface area (Å²) in [5.74, 6) is 2.69. The summed E-state index contributed by atoms with van der Waals surface area (Å²) in [5, 5.41) is 3.66. The van der Waals surface area contributed by atoms with Gasteiger partial charge in [0.25, 0.3) is 0 Å². The lowest BCUT2D eigenvalue weighted by Gasteiger charge is -2.61. The minimum atomic E-state index is 0.492. The van der Waals surface area contributed by atoms with Crippen LogP contribution >= 0.6 is 0 Å². The first-order valence-electron chi connectivity index (χ1n) is 6.62. The lowest BCUT2D eigenvalue weighted by atomic mass is 9.51. The van der Waals surface area contributed by atoms with Crippen LogP contribution in [-0.2, 0) is 4.74 Å². The number of hydrogen-bond donors (Lipinski definition) is 1. The third-order valence-corrected chi connectivity index (χ3v) is 4.33. The molecular formula is C14H23NO. The first kappa shape index (κ1) is 12.0. The average Bonchev–Trinajstić information content (AvgIpc) is 2.18. The van der Waals surface area contributed by atoms with E-state index in [-0.39, 0.29) is 0 Å². The molecule has 2 aliphatic rings. The van der Waals surface area contributed by atoms with E-state index in [2.05, 4.69) is 18.2 Å². The van der Waals surface area contributed by atoms with Crippen LogP contribution in [0.15, 0.2) is 0 Å². The third kappa shape index (κ3) is 1.99. The van der Waals surface area contributed by atoms with Gasteiger partial charge in [0, 0.05) is 24.5 Å². The molecule has 0 aliphatic heterocycles. The molecule has 1 N–H and O–H groups in total. The zero-order valence-electron chi connectivity index (χ0n) is 10.3. The van der Waals surface area contributed by atoms with E-state index >= 15 is 0 Å². The molecule has 2 aliphatic carbocycles. The molecular weight excluding hydrogens is 198 g/mol. The fraction of sp³-hybridized carbons (Fsp3) is 0.857. The Hall–Kier alpha value is -0.520. The summed E-state index contributed by atoms with van der Waals surface area (Å²) in [7, 11) is 0. The van der Waals surface area contributed by atoms with Crippen molar-refractivity contribution in [2.24, 2.45) is 5.41 Å². The number of hydrogen-bond acceptors (Lipinski definition) is 2. The van der Waals surface area contributed by atoms with Crippen molar-refractivity contribution in [3.05, 3.63) is 0 Å². The van der Waals surface area contributed by atoms with Gasteiger partial charge in [0.05, 0.1) is 6.10 Å². The zero-order chi connectivity index (χ0) is 11.4. The summed E-state index contributed by atoms with van der Waals surface area (Å²) in [5.41, 5.74) is 0.492. The van der Waals surface area contributed by atoms with Crippen molar-refractivity contribution < 1.29 is 4.74 Å². The Bertz CT molecular complexity index is 264. The van der Waals surface area contributed by atoms with Crippen molar-refractivity contribution in [1.82, 2.24) is 5.32 Å². The van der Waals surface area contributed by atoms with E-state index in [9.17, 15) is 0 Å². The number of rotatable bonds is 6.